The highest BCUT2D eigenvalue weighted by Crippen LogP contribution is 2.24. The van der Waals surface area contributed by atoms with Gasteiger partial charge in [0.1, 0.15) is 11.3 Å². The predicted molar refractivity (Wildman–Crippen MR) is 123 cm³/mol. The second-order valence-electron chi connectivity index (χ2n) is 6.71. The van der Waals surface area contributed by atoms with E-state index >= 15 is 0 Å². The van der Waals surface area contributed by atoms with E-state index in [0.29, 0.717) is 18.4 Å². The molecule has 0 saturated heterocycles. The fraction of sp³-hybridized carbons (Fsp3) is 0.429. The van der Waals surface area contributed by atoms with E-state index in [1.165, 1.54) is 0 Å². The van der Waals surface area contributed by atoms with E-state index in [4.69, 9.17) is 8.94 Å². The van der Waals surface area contributed by atoms with Crippen LogP contribution < -0.4 is 10.6 Å². The molecule has 0 amide bonds. The van der Waals surface area contributed by atoms with Gasteiger partial charge in [0.05, 0.1) is 18.3 Å². The fourth-order valence-electron chi connectivity index (χ4n) is 3.17. The molecule has 3 aromatic rings. The van der Waals surface area contributed by atoms with Crippen LogP contribution >= 0.6 is 24.0 Å². The summed E-state index contributed by atoms with van der Waals surface area (Å²) in [5, 5.41) is 11.9. The molecule has 2 N–H and O–H groups in total. The van der Waals surface area contributed by atoms with Gasteiger partial charge in [-0.15, -0.1) is 24.0 Å². The summed E-state index contributed by atoms with van der Waals surface area (Å²) in [6.07, 6.45) is 2.13. The highest BCUT2D eigenvalue weighted by molar-refractivity contribution is 14.0. The first-order valence-corrected chi connectivity index (χ1v) is 9.55. The Hall–Kier alpha value is -2.03. The van der Waals surface area contributed by atoms with Crippen molar-refractivity contribution in [2.75, 3.05) is 7.05 Å². The van der Waals surface area contributed by atoms with Crippen molar-refractivity contribution in [3.63, 3.8) is 0 Å². The smallest absolute Gasteiger partial charge is 0.191 e. The standard InChI is InChI=1S/C21H28N4O2.HI/c1-5-15(6-2)18-12-17(27-25-18)13-23-21(22-4)24-14(3)20-11-16-9-7-8-10-19(16)26-20;/h7-12,14-15H,5-6,13H2,1-4H3,(H2,22,23,24);1H. The van der Waals surface area contributed by atoms with Crippen molar-refractivity contribution < 1.29 is 8.94 Å². The van der Waals surface area contributed by atoms with Gasteiger partial charge < -0.3 is 19.6 Å². The van der Waals surface area contributed by atoms with Gasteiger partial charge in [-0.1, -0.05) is 37.2 Å². The van der Waals surface area contributed by atoms with Crippen molar-refractivity contribution in [3.8, 4) is 0 Å². The van der Waals surface area contributed by atoms with Gasteiger partial charge in [-0.3, -0.25) is 4.99 Å². The number of fused-ring (bicyclic) bond motifs is 1. The molecule has 0 aliphatic rings. The number of aliphatic imine (C=N–C) groups is 1. The first-order chi connectivity index (χ1) is 13.1. The third-order valence-corrected chi connectivity index (χ3v) is 4.86. The topological polar surface area (TPSA) is 75.6 Å². The Morgan fingerprint density at radius 1 is 1.18 bits per heavy atom. The van der Waals surface area contributed by atoms with Crippen LogP contribution in [0.2, 0.25) is 0 Å². The number of guanidine groups is 1. The van der Waals surface area contributed by atoms with Gasteiger partial charge in [-0.2, -0.15) is 0 Å². The molecule has 0 saturated carbocycles. The van der Waals surface area contributed by atoms with Crippen molar-refractivity contribution >= 4 is 40.9 Å². The van der Waals surface area contributed by atoms with Crippen LogP contribution in [0.5, 0.6) is 0 Å². The number of furan rings is 1. The third-order valence-electron chi connectivity index (χ3n) is 4.86. The molecule has 1 aromatic carbocycles. The largest absolute Gasteiger partial charge is 0.459 e. The summed E-state index contributed by atoms with van der Waals surface area (Å²) in [5.41, 5.74) is 1.91. The molecule has 2 heterocycles. The molecule has 0 aliphatic carbocycles. The number of rotatable bonds is 7. The quantitative estimate of drug-likeness (QED) is 0.262. The van der Waals surface area contributed by atoms with Crippen LogP contribution in [-0.4, -0.2) is 18.2 Å². The Balaban J connectivity index is 0.00000280. The Kier molecular flexibility index (Phi) is 8.35. The van der Waals surface area contributed by atoms with E-state index in [2.05, 4.69) is 40.7 Å². The number of hydrogen-bond acceptors (Lipinski definition) is 4. The number of nitrogens with zero attached hydrogens (tertiary/aromatic N) is 2. The molecule has 1 unspecified atom stereocenters. The molecular formula is C21H29IN4O2. The number of hydrogen-bond donors (Lipinski definition) is 2. The van der Waals surface area contributed by atoms with Crippen molar-refractivity contribution in [1.82, 2.24) is 15.8 Å². The third kappa shape index (κ3) is 5.27. The number of nitrogens with one attached hydrogen (secondary N) is 2. The Morgan fingerprint density at radius 2 is 1.93 bits per heavy atom. The summed E-state index contributed by atoms with van der Waals surface area (Å²) >= 11 is 0. The average molecular weight is 496 g/mol. The normalized spacial score (nSPS) is 12.8. The Morgan fingerprint density at radius 3 is 2.61 bits per heavy atom. The second kappa shape index (κ2) is 10.5. The van der Waals surface area contributed by atoms with Crippen LogP contribution in [0.25, 0.3) is 11.0 Å². The molecule has 0 aliphatic heterocycles. The lowest BCUT2D eigenvalue weighted by molar-refractivity contribution is 0.367. The zero-order chi connectivity index (χ0) is 19.2. The molecule has 152 valence electrons. The van der Waals surface area contributed by atoms with Crippen LogP contribution in [0.15, 0.2) is 50.3 Å². The van der Waals surface area contributed by atoms with Gasteiger partial charge in [0.15, 0.2) is 11.7 Å². The number of aromatic nitrogens is 1. The van der Waals surface area contributed by atoms with Gasteiger partial charge in [0, 0.05) is 24.4 Å². The minimum absolute atomic E-state index is 0. The molecule has 7 heteroatoms. The van der Waals surface area contributed by atoms with Gasteiger partial charge in [-0.25, -0.2) is 0 Å². The van der Waals surface area contributed by atoms with Crippen molar-refractivity contribution in [3.05, 3.63) is 53.6 Å². The summed E-state index contributed by atoms with van der Waals surface area (Å²) in [6.45, 7) is 6.92. The molecule has 28 heavy (non-hydrogen) atoms. The lowest BCUT2D eigenvalue weighted by atomic mass is 9.99. The maximum atomic E-state index is 5.92. The van der Waals surface area contributed by atoms with E-state index < -0.39 is 0 Å². The van der Waals surface area contributed by atoms with Gasteiger partial charge in [0.2, 0.25) is 0 Å². The maximum absolute atomic E-state index is 5.92. The molecule has 0 bridgehead atoms. The first kappa shape index (κ1) is 22.3. The maximum Gasteiger partial charge on any atom is 0.191 e. The predicted octanol–water partition coefficient (Wildman–Crippen LogP) is 5.37. The SMILES string of the molecule is CCC(CC)c1cc(CNC(=NC)NC(C)c2cc3ccccc3o2)on1.I. The summed E-state index contributed by atoms with van der Waals surface area (Å²) in [5.74, 6) is 2.81. The van der Waals surface area contributed by atoms with Crippen LogP contribution in [-0.2, 0) is 6.54 Å². The molecule has 1 atom stereocenters. The van der Waals surface area contributed by atoms with Gasteiger partial charge in [-0.05, 0) is 31.9 Å². The summed E-state index contributed by atoms with van der Waals surface area (Å²) in [4.78, 5) is 4.29. The Bertz CT molecular complexity index is 866. The molecule has 2 aromatic heterocycles. The van der Waals surface area contributed by atoms with E-state index in [-0.39, 0.29) is 30.0 Å². The molecule has 3 rings (SSSR count). The van der Waals surface area contributed by atoms with Crippen molar-refractivity contribution in [2.45, 2.75) is 52.1 Å². The van der Waals surface area contributed by atoms with E-state index in [9.17, 15) is 0 Å². The van der Waals surface area contributed by atoms with E-state index in [1.807, 2.05) is 37.3 Å². The lowest BCUT2D eigenvalue weighted by Crippen LogP contribution is -2.38. The van der Waals surface area contributed by atoms with Crippen molar-refractivity contribution in [1.29, 1.82) is 0 Å². The van der Waals surface area contributed by atoms with Crippen LogP contribution in [0.4, 0.5) is 0 Å². The van der Waals surface area contributed by atoms with E-state index in [1.54, 1.807) is 7.05 Å². The number of halogens is 1. The van der Waals surface area contributed by atoms with Crippen LogP contribution in [0.3, 0.4) is 0 Å². The van der Waals surface area contributed by atoms with E-state index in [0.717, 1.165) is 41.0 Å². The highest BCUT2D eigenvalue weighted by atomic mass is 127. The Labute approximate surface area is 183 Å². The van der Waals surface area contributed by atoms with Gasteiger partial charge in [0.25, 0.3) is 0 Å². The molecule has 0 fully saturated rings. The number of benzene rings is 1. The summed E-state index contributed by atoms with van der Waals surface area (Å²) in [6, 6.07) is 12.1. The minimum Gasteiger partial charge on any atom is -0.459 e. The highest BCUT2D eigenvalue weighted by Gasteiger charge is 2.15. The molecule has 0 spiro atoms. The molecule has 0 radical (unpaired) electrons. The van der Waals surface area contributed by atoms with Crippen LogP contribution in [0, 0.1) is 0 Å². The second-order valence-corrected chi connectivity index (χ2v) is 6.71. The van der Waals surface area contributed by atoms with Crippen molar-refractivity contribution in [2.24, 2.45) is 4.99 Å². The summed E-state index contributed by atoms with van der Waals surface area (Å²) < 4.78 is 11.4. The molecule has 6 nitrogen and oxygen atoms in total. The monoisotopic (exact) mass is 496 g/mol. The summed E-state index contributed by atoms with van der Waals surface area (Å²) in [7, 11) is 1.75. The first-order valence-electron chi connectivity index (χ1n) is 9.55. The minimum atomic E-state index is -0.0153. The zero-order valence-corrected chi connectivity index (χ0v) is 19.2. The van der Waals surface area contributed by atoms with Crippen LogP contribution in [0.1, 0.15) is 62.8 Å². The number of para-hydroxylation sites is 1. The average Bonchev–Trinajstić information content (AvgIpc) is 3.33. The lowest BCUT2D eigenvalue weighted by Gasteiger charge is -2.15. The van der Waals surface area contributed by atoms with Gasteiger partial charge >= 0.3 is 0 Å². The molecular weight excluding hydrogens is 467 g/mol. The fourth-order valence-corrected chi connectivity index (χ4v) is 3.17. The zero-order valence-electron chi connectivity index (χ0n) is 16.9.